The molecular weight excluding hydrogens is 237 g/mol. The van der Waals surface area contributed by atoms with Gasteiger partial charge in [0.2, 0.25) is 0 Å². The van der Waals surface area contributed by atoms with Crippen LogP contribution in [0.15, 0.2) is 22.7 Å². The van der Waals surface area contributed by atoms with Crippen LogP contribution in [0.2, 0.25) is 0 Å². The van der Waals surface area contributed by atoms with E-state index >= 15 is 0 Å². The molecule has 1 aliphatic heterocycles. The molecule has 0 radical (unpaired) electrons. The Morgan fingerprint density at radius 3 is 3.00 bits per heavy atom. The maximum atomic E-state index is 3.45. The second-order valence-corrected chi connectivity index (χ2v) is 3.75. The lowest BCUT2D eigenvalue weighted by Gasteiger charge is -2.17. The van der Waals surface area contributed by atoms with E-state index in [0.29, 0.717) is 0 Å². The summed E-state index contributed by atoms with van der Waals surface area (Å²) in [6.07, 6.45) is 2.48. The standard InChI is InChI=1S/C9H10BrN.ClH/c10-8-4-3-7-2-1-5-11-9(7)6-8;/h3-4,6,11H,1-2,5H2;1H. The van der Waals surface area contributed by atoms with E-state index in [1.807, 2.05) is 0 Å². The van der Waals surface area contributed by atoms with Crippen LogP contribution in [0.5, 0.6) is 0 Å². The molecule has 0 amide bonds. The maximum absolute atomic E-state index is 3.45. The fraction of sp³-hybridized carbons (Fsp3) is 0.333. The second-order valence-electron chi connectivity index (χ2n) is 2.83. The van der Waals surface area contributed by atoms with Gasteiger partial charge in [-0.25, -0.2) is 0 Å². The van der Waals surface area contributed by atoms with Gasteiger partial charge in [-0.1, -0.05) is 22.0 Å². The second kappa shape index (κ2) is 4.15. The molecule has 0 aliphatic carbocycles. The quantitative estimate of drug-likeness (QED) is 0.743. The third kappa shape index (κ3) is 1.93. The van der Waals surface area contributed by atoms with Gasteiger partial charge in [0.25, 0.3) is 0 Å². The highest BCUT2D eigenvalue weighted by atomic mass is 79.9. The lowest BCUT2D eigenvalue weighted by Crippen LogP contribution is -2.11. The predicted molar refractivity (Wildman–Crippen MR) is 58.2 cm³/mol. The van der Waals surface area contributed by atoms with Crippen molar-refractivity contribution in [2.75, 3.05) is 11.9 Å². The molecule has 3 heteroatoms. The number of hydrogen-bond donors (Lipinski definition) is 1. The van der Waals surface area contributed by atoms with Gasteiger partial charge in [-0.15, -0.1) is 12.4 Å². The first-order valence-electron chi connectivity index (χ1n) is 3.88. The number of nitrogens with one attached hydrogen (secondary N) is 1. The lowest BCUT2D eigenvalue weighted by atomic mass is 10.0. The molecule has 0 fully saturated rings. The van der Waals surface area contributed by atoms with Crippen LogP contribution in [-0.2, 0) is 6.42 Å². The summed E-state index contributed by atoms with van der Waals surface area (Å²) < 4.78 is 1.16. The van der Waals surface area contributed by atoms with Crippen molar-refractivity contribution in [1.82, 2.24) is 0 Å². The molecule has 1 aliphatic rings. The van der Waals surface area contributed by atoms with Crippen LogP contribution in [0.4, 0.5) is 5.69 Å². The highest BCUT2D eigenvalue weighted by Crippen LogP contribution is 2.25. The number of benzene rings is 1. The monoisotopic (exact) mass is 247 g/mol. The van der Waals surface area contributed by atoms with Crippen molar-refractivity contribution >= 4 is 34.0 Å². The molecule has 1 N–H and O–H groups in total. The third-order valence-corrected chi connectivity index (χ3v) is 2.50. The fourth-order valence-electron chi connectivity index (χ4n) is 1.43. The summed E-state index contributed by atoms with van der Waals surface area (Å²) in [7, 11) is 0. The summed E-state index contributed by atoms with van der Waals surface area (Å²) in [6.45, 7) is 1.11. The van der Waals surface area contributed by atoms with Crippen LogP contribution in [0.1, 0.15) is 12.0 Å². The van der Waals surface area contributed by atoms with Gasteiger partial charge in [0.15, 0.2) is 0 Å². The number of hydrogen-bond acceptors (Lipinski definition) is 1. The Labute approximate surface area is 87.1 Å². The molecule has 1 heterocycles. The van der Waals surface area contributed by atoms with Crippen molar-refractivity contribution in [3.8, 4) is 0 Å². The first kappa shape index (κ1) is 9.87. The van der Waals surface area contributed by atoms with Crippen molar-refractivity contribution in [2.24, 2.45) is 0 Å². The number of rotatable bonds is 0. The highest BCUT2D eigenvalue weighted by Gasteiger charge is 2.06. The van der Waals surface area contributed by atoms with Crippen molar-refractivity contribution < 1.29 is 0 Å². The summed E-state index contributed by atoms with van der Waals surface area (Å²) >= 11 is 3.45. The highest BCUT2D eigenvalue weighted by molar-refractivity contribution is 9.10. The molecule has 1 aromatic rings. The minimum absolute atomic E-state index is 0. The molecule has 0 aromatic heterocycles. The van der Waals surface area contributed by atoms with Gasteiger partial charge < -0.3 is 5.32 Å². The topological polar surface area (TPSA) is 12.0 Å². The molecule has 1 aromatic carbocycles. The molecule has 1 nitrogen and oxygen atoms in total. The SMILES string of the molecule is Brc1ccc2c(c1)NCCC2.Cl. The van der Waals surface area contributed by atoms with Crippen LogP contribution < -0.4 is 5.32 Å². The van der Waals surface area contributed by atoms with E-state index in [9.17, 15) is 0 Å². The fourth-order valence-corrected chi connectivity index (χ4v) is 1.79. The molecule has 12 heavy (non-hydrogen) atoms. The van der Waals surface area contributed by atoms with Crippen molar-refractivity contribution in [3.63, 3.8) is 0 Å². The molecule has 0 bridgehead atoms. The Morgan fingerprint density at radius 2 is 2.17 bits per heavy atom. The smallest absolute Gasteiger partial charge is 0.0384 e. The molecule has 0 saturated carbocycles. The molecule has 0 atom stereocenters. The molecule has 2 rings (SSSR count). The van der Waals surface area contributed by atoms with E-state index in [1.54, 1.807) is 0 Å². The molecular formula is C9H11BrClN. The Bertz CT molecular complexity index is 275. The minimum Gasteiger partial charge on any atom is -0.385 e. The summed E-state index contributed by atoms with van der Waals surface area (Å²) in [5.41, 5.74) is 2.74. The van der Waals surface area contributed by atoms with Crippen LogP contribution >= 0.6 is 28.3 Å². The number of anilines is 1. The van der Waals surface area contributed by atoms with Crippen molar-refractivity contribution in [2.45, 2.75) is 12.8 Å². The van der Waals surface area contributed by atoms with Gasteiger partial charge in [-0.2, -0.15) is 0 Å². The van der Waals surface area contributed by atoms with Gasteiger partial charge in [0.1, 0.15) is 0 Å². The molecule has 0 spiro atoms. The summed E-state index contributed by atoms with van der Waals surface area (Å²) in [6, 6.07) is 6.44. The molecule has 66 valence electrons. The van der Waals surface area contributed by atoms with E-state index in [2.05, 4.69) is 39.4 Å². The average Bonchev–Trinajstić information content (AvgIpc) is 2.04. The normalized spacial score (nSPS) is 14.1. The van der Waals surface area contributed by atoms with Gasteiger partial charge in [-0.3, -0.25) is 0 Å². The Morgan fingerprint density at radius 1 is 1.33 bits per heavy atom. The van der Waals surface area contributed by atoms with E-state index in [0.717, 1.165) is 11.0 Å². The Hall–Kier alpha value is -0.210. The summed E-state index contributed by atoms with van der Waals surface area (Å²) in [4.78, 5) is 0. The van der Waals surface area contributed by atoms with Crippen molar-refractivity contribution in [1.29, 1.82) is 0 Å². The maximum Gasteiger partial charge on any atom is 0.0384 e. The first-order valence-corrected chi connectivity index (χ1v) is 4.68. The Kier molecular flexibility index (Phi) is 3.41. The number of halogens is 2. The van der Waals surface area contributed by atoms with Crippen LogP contribution in [-0.4, -0.2) is 6.54 Å². The van der Waals surface area contributed by atoms with Gasteiger partial charge in [0, 0.05) is 16.7 Å². The zero-order valence-electron chi connectivity index (χ0n) is 6.64. The molecule has 0 saturated heterocycles. The van der Waals surface area contributed by atoms with Crippen LogP contribution in [0.25, 0.3) is 0 Å². The summed E-state index contributed by atoms with van der Waals surface area (Å²) in [5.74, 6) is 0. The first-order chi connectivity index (χ1) is 5.36. The van der Waals surface area contributed by atoms with Gasteiger partial charge in [0.05, 0.1) is 0 Å². The van der Waals surface area contributed by atoms with E-state index < -0.39 is 0 Å². The minimum atomic E-state index is 0. The lowest BCUT2D eigenvalue weighted by molar-refractivity contribution is 0.830. The predicted octanol–water partition coefficient (Wildman–Crippen LogP) is 3.23. The van der Waals surface area contributed by atoms with Crippen molar-refractivity contribution in [3.05, 3.63) is 28.2 Å². The van der Waals surface area contributed by atoms with Gasteiger partial charge >= 0.3 is 0 Å². The van der Waals surface area contributed by atoms with E-state index in [4.69, 9.17) is 0 Å². The zero-order valence-corrected chi connectivity index (χ0v) is 9.04. The largest absolute Gasteiger partial charge is 0.385 e. The summed E-state index contributed by atoms with van der Waals surface area (Å²) in [5, 5.41) is 3.37. The number of fused-ring (bicyclic) bond motifs is 1. The average molecular weight is 249 g/mol. The zero-order chi connectivity index (χ0) is 7.68. The van der Waals surface area contributed by atoms with Crippen LogP contribution in [0.3, 0.4) is 0 Å². The molecule has 0 unspecified atom stereocenters. The Balaban J connectivity index is 0.000000720. The van der Waals surface area contributed by atoms with Crippen LogP contribution in [0, 0.1) is 0 Å². The number of aryl methyl sites for hydroxylation is 1. The van der Waals surface area contributed by atoms with Gasteiger partial charge in [-0.05, 0) is 30.5 Å². The third-order valence-electron chi connectivity index (χ3n) is 2.01. The van der Waals surface area contributed by atoms with E-state index in [1.165, 1.54) is 24.1 Å². The van der Waals surface area contributed by atoms with E-state index in [-0.39, 0.29) is 12.4 Å².